The van der Waals surface area contributed by atoms with Crippen molar-refractivity contribution in [2.75, 3.05) is 11.9 Å². The number of carbonyl (C=O) groups is 2. The first-order chi connectivity index (χ1) is 13.0. The molecule has 5 nitrogen and oxygen atoms in total. The lowest BCUT2D eigenvalue weighted by Gasteiger charge is -2.09. The van der Waals surface area contributed by atoms with Gasteiger partial charge in [0.2, 0.25) is 0 Å². The predicted molar refractivity (Wildman–Crippen MR) is 109 cm³/mol. The Kier molecular flexibility index (Phi) is 5.60. The third-order valence-electron chi connectivity index (χ3n) is 4.55. The van der Waals surface area contributed by atoms with Crippen molar-refractivity contribution >= 4 is 28.4 Å². The molecule has 0 fully saturated rings. The van der Waals surface area contributed by atoms with Crippen LogP contribution in [0.15, 0.2) is 42.5 Å². The number of aromatic nitrogens is 1. The number of aryl methyl sites for hydroxylation is 2. The Hall–Kier alpha value is -3.08. The van der Waals surface area contributed by atoms with Crippen molar-refractivity contribution in [1.29, 1.82) is 0 Å². The Morgan fingerprint density at radius 1 is 0.963 bits per heavy atom. The lowest BCUT2D eigenvalue weighted by molar-refractivity contribution is 0.0950. The molecule has 2 amide bonds. The van der Waals surface area contributed by atoms with E-state index in [1.54, 1.807) is 12.1 Å². The lowest BCUT2D eigenvalue weighted by atomic mass is 10.1. The number of unbranched alkanes of at least 4 members (excludes halogenated alkanes) is 1. The largest absolute Gasteiger partial charge is 0.351 e. The summed E-state index contributed by atoms with van der Waals surface area (Å²) in [5.74, 6) is -0.448. The molecule has 0 unspecified atom stereocenters. The first-order valence-electron chi connectivity index (χ1n) is 9.28. The molecule has 1 aromatic heterocycles. The SMILES string of the molecule is CCCCNC(=O)c1[nH]c2ccc(C)cc2c1NC(=O)c1ccc(C)cc1. The van der Waals surface area contributed by atoms with E-state index in [-0.39, 0.29) is 11.8 Å². The van der Waals surface area contributed by atoms with Gasteiger partial charge in [0.1, 0.15) is 5.69 Å². The first-order valence-corrected chi connectivity index (χ1v) is 9.28. The highest BCUT2D eigenvalue weighted by Gasteiger charge is 2.20. The number of carbonyl (C=O) groups excluding carboxylic acids is 2. The van der Waals surface area contributed by atoms with Crippen LogP contribution in [0.5, 0.6) is 0 Å². The smallest absolute Gasteiger partial charge is 0.269 e. The minimum Gasteiger partial charge on any atom is -0.351 e. The van der Waals surface area contributed by atoms with Crippen molar-refractivity contribution in [2.24, 2.45) is 0 Å². The summed E-state index contributed by atoms with van der Waals surface area (Å²) >= 11 is 0. The summed E-state index contributed by atoms with van der Waals surface area (Å²) in [6, 6.07) is 13.2. The van der Waals surface area contributed by atoms with Gasteiger partial charge < -0.3 is 15.6 Å². The Morgan fingerprint density at radius 2 is 1.67 bits per heavy atom. The molecule has 3 rings (SSSR count). The maximum Gasteiger partial charge on any atom is 0.269 e. The molecule has 3 N–H and O–H groups in total. The van der Waals surface area contributed by atoms with Gasteiger partial charge in [-0.2, -0.15) is 0 Å². The molecule has 27 heavy (non-hydrogen) atoms. The number of hydrogen-bond donors (Lipinski definition) is 3. The molecule has 0 aliphatic carbocycles. The zero-order valence-corrected chi connectivity index (χ0v) is 16.0. The Bertz CT molecular complexity index is 971. The highest BCUT2D eigenvalue weighted by molar-refractivity contribution is 6.15. The molecular formula is C22H25N3O2. The van der Waals surface area contributed by atoms with Gasteiger partial charge in [-0.25, -0.2) is 0 Å². The number of anilines is 1. The Labute approximate surface area is 159 Å². The van der Waals surface area contributed by atoms with Gasteiger partial charge in [0.25, 0.3) is 11.8 Å². The van der Waals surface area contributed by atoms with Gasteiger partial charge >= 0.3 is 0 Å². The third-order valence-corrected chi connectivity index (χ3v) is 4.55. The van der Waals surface area contributed by atoms with Gasteiger partial charge in [-0.05, 0) is 44.5 Å². The van der Waals surface area contributed by atoms with Gasteiger partial charge in [0.05, 0.1) is 5.69 Å². The molecule has 0 aliphatic heterocycles. The van der Waals surface area contributed by atoms with Crippen LogP contribution in [0.3, 0.4) is 0 Å². The van der Waals surface area contributed by atoms with Crippen molar-refractivity contribution in [3.8, 4) is 0 Å². The number of nitrogens with one attached hydrogen (secondary N) is 3. The molecule has 3 aromatic rings. The zero-order valence-electron chi connectivity index (χ0n) is 16.0. The highest BCUT2D eigenvalue weighted by atomic mass is 16.2. The van der Waals surface area contributed by atoms with Crippen molar-refractivity contribution in [3.63, 3.8) is 0 Å². The number of hydrogen-bond acceptors (Lipinski definition) is 2. The molecule has 0 radical (unpaired) electrons. The fourth-order valence-corrected chi connectivity index (χ4v) is 2.96. The molecule has 0 bridgehead atoms. The van der Waals surface area contributed by atoms with Crippen LogP contribution < -0.4 is 10.6 Å². The first kappa shape index (κ1) is 18.7. The molecule has 0 saturated carbocycles. The van der Waals surface area contributed by atoms with Crippen LogP contribution in [0.2, 0.25) is 0 Å². The van der Waals surface area contributed by atoms with Gasteiger partial charge in [-0.1, -0.05) is 42.7 Å². The van der Waals surface area contributed by atoms with Crippen LogP contribution >= 0.6 is 0 Å². The predicted octanol–water partition coefficient (Wildman–Crippen LogP) is 4.57. The van der Waals surface area contributed by atoms with E-state index in [0.29, 0.717) is 23.5 Å². The summed E-state index contributed by atoms with van der Waals surface area (Å²) in [4.78, 5) is 28.6. The molecule has 0 spiro atoms. The van der Waals surface area contributed by atoms with E-state index in [1.165, 1.54) is 0 Å². The summed E-state index contributed by atoms with van der Waals surface area (Å²) < 4.78 is 0. The second-order valence-electron chi connectivity index (χ2n) is 6.85. The Morgan fingerprint density at radius 3 is 2.37 bits per heavy atom. The van der Waals surface area contributed by atoms with Crippen LogP contribution in [0.4, 0.5) is 5.69 Å². The number of benzene rings is 2. The average Bonchev–Trinajstić information content (AvgIpc) is 3.00. The second-order valence-corrected chi connectivity index (χ2v) is 6.85. The molecular weight excluding hydrogens is 338 g/mol. The maximum atomic E-state index is 12.7. The van der Waals surface area contributed by atoms with E-state index < -0.39 is 0 Å². The van der Waals surface area contributed by atoms with Gasteiger partial charge in [-0.3, -0.25) is 9.59 Å². The number of amides is 2. The number of aromatic amines is 1. The quantitative estimate of drug-likeness (QED) is 0.561. The van der Waals surface area contributed by atoms with Gasteiger partial charge in [0.15, 0.2) is 0 Å². The van der Waals surface area contributed by atoms with Gasteiger partial charge in [-0.15, -0.1) is 0 Å². The summed E-state index contributed by atoms with van der Waals surface area (Å²) in [7, 11) is 0. The minimum atomic E-state index is -0.236. The van der Waals surface area contributed by atoms with Crippen LogP contribution in [-0.4, -0.2) is 23.3 Å². The van der Waals surface area contributed by atoms with E-state index in [4.69, 9.17) is 0 Å². The normalized spacial score (nSPS) is 10.8. The van der Waals surface area contributed by atoms with Crippen molar-refractivity contribution < 1.29 is 9.59 Å². The average molecular weight is 363 g/mol. The Balaban J connectivity index is 1.96. The van der Waals surface area contributed by atoms with E-state index in [0.717, 1.165) is 34.9 Å². The topological polar surface area (TPSA) is 74.0 Å². The molecule has 0 aliphatic rings. The summed E-state index contributed by atoms with van der Waals surface area (Å²) in [5.41, 5.74) is 4.43. The lowest BCUT2D eigenvalue weighted by Crippen LogP contribution is -2.26. The van der Waals surface area contributed by atoms with Crippen LogP contribution in [0.1, 0.15) is 51.7 Å². The van der Waals surface area contributed by atoms with E-state index >= 15 is 0 Å². The van der Waals surface area contributed by atoms with E-state index in [1.807, 2.05) is 44.2 Å². The minimum absolute atomic E-state index is 0.212. The second kappa shape index (κ2) is 8.08. The third kappa shape index (κ3) is 4.19. The molecule has 0 atom stereocenters. The number of fused-ring (bicyclic) bond motifs is 1. The number of H-pyrrole nitrogens is 1. The van der Waals surface area contributed by atoms with Crippen LogP contribution in [0, 0.1) is 13.8 Å². The number of rotatable bonds is 6. The van der Waals surface area contributed by atoms with E-state index in [2.05, 4.69) is 22.5 Å². The summed E-state index contributed by atoms with van der Waals surface area (Å²) in [6.07, 6.45) is 1.92. The fourth-order valence-electron chi connectivity index (χ4n) is 2.96. The van der Waals surface area contributed by atoms with Crippen molar-refractivity contribution in [2.45, 2.75) is 33.6 Å². The molecule has 140 valence electrons. The van der Waals surface area contributed by atoms with Crippen LogP contribution in [-0.2, 0) is 0 Å². The molecule has 1 heterocycles. The van der Waals surface area contributed by atoms with Crippen molar-refractivity contribution in [1.82, 2.24) is 10.3 Å². The molecule has 5 heteroatoms. The maximum absolute atomic E-state index is 12.7. The molecule has 0 saturated heterocycles. The zero-order chi connectivity index (χ0) is 19.4. The fraction of sp³-hybridized carbons (Fsp3) is 0.273. The van der Waals surface area contributed by atoms with Crippen molar-refractivity contribution in [3.05, 3.63) is 64.8 Å². The molecule has 2 aromatic carbocycles. The summed E-state index contributed by atoms with van der Waals surface area (Å²) in [6.45, 7) is 6.64. The highest BCUT2D eigenvalue weighted by Crippen LogP contribution is 2.29. The van der Waals surface area contributed by atoms with Gasteiger partial charge in [0, 0.05) is 23.0 Å². The summed E-state index contributed by atoms with van der Waals surface area (Å²) in [5, 5.41) is 6.68. The van der Waals surface area contributed by atoms with Crippen LogP contribution in [0.25, 0.3) is 10.9 Å². The van der Waals surface area contributed by atoms with E-state index in [9.17, 15) is 9.59 Å². The standard InChI is InChI=1S/C22H25N3O2/c1-4-5-12-23-22(27)20-19(17-13-15(3)8-11-18(17)24-20)25-21(26)16-9-6-14(2)7-10-16/h6-11,13,24H,4-5,12H2,1-3H3,(H,23,27)(H,25,26). The monoisotopic (exact) mass is 363 g/mol.